The lowest BCUT2D eigenvalue weighted by Gasteiger charge is -2.03. The Hall–Kier alpha value is -1.06. The van der Waals surface area contributed by atoms with Crippen LogP contribution < -0.4 is 5.32 Å². The summed E-state index contributed by atoms with van der Waals surface area (Å²) in [6.07, 6.45) is 4.20. The van der Waals surface area contributed by atoms with Crippen molar-refractivity contribution in [1.29, 1.82) is 0 Å². The van der Waals surface area contributed by atoms with Gasteiger partial charge in [0.2, 0.25) is 0 Å². The molecule has 84 valence electrons. The van der Waals surface area contributed by atoms with Crippen LogP contribution in [0.5, 0.6) is 0 Å². The Morgan fingerprint density at radius 2 is 1.75 bits per heavy atom. The lowest BCUT2D eigenvalue weighted by Crippen LogP contribution is -2.12. The molecule has 2 nitrogen and oxygen atoms in total. The third-order valence-electron chi connectivity index (χ3n) is 2.46. The second-order valence-electron chi connectivity index (χ2n) is 3.92. The van der Waals surface area contributed by atoms with Crippen molar-refractivity contribution in [1.82, 2.24) is 9.88 Å². The third kappa shape index (κ3) is 3.22. The minimum absolute atomic E-state index is 0.905. The van der Waals surface area contributed by atoms with Gasteiger partial charge in [0.05, 0.1) is 0 Å². The zero-order valence-electron chi connectivity index (χ0n) is 9.28. The van der Waals surface area contributed by atoms with Crippen LogP contribution in [0, 0.1) is 0 Å². The van der Waals surface area contributed by atoms with E-state index in [-0.39, 0.29) is 0 Å². The monoisotopic (exact) mass is 278 g/mol. The van der Waals surface area contributed by atoms with Gasteiger partial charge in [0, 0.05) is 37.0 Å². The zero-order chi connectivity index (χ0) is 11.4. The first-order valence-electron chi connectivity index (χ1n) is 5.30. The number of nitrogens with zero attached hydrogens (tertiary/aromatic N) is 1. The summed E-state index contributed by atoms with van der Waals surface area (Å²) < 4.78 is 3.19. The molecule has 0 aliphatic rings. The van der Waals surface area contributed by atoms with E-state index in [1.165, 1.54) is 11.1 Å². The first-order chi connectivity index (χ1) is 7.74. The van der Waals surface area contributed by atoms with Gasteiger partial charge in [-0.15, -0.1) is 0 Å². The van der Waals surface area contributed by atoms with Crippen molar-refractivity contribution in [3.05, 3.63) is 58.3 Å². The van der Waals surface area contributed by atoms with Gasteiger partial charge in [-0.1, -0.05) is 28.1 Å². The number of nitrogens with one attached hydrogen (secondary N) is 1. The second kappa shape index (κ2) is 5.32. The van der Waals surface area contributed by atoms with E-state index in [2.05, 4.69) is 68.5 Å². The van der Waals surface area contributed by atoms with Gasteiger partial charge in [0.1, 0.15) is 0 Å². The first-order valence-corrected chi connectivity index (χ1v) is 6.09. The average molecular weight is 279 g/mol. The Bertz CT molecular complexity index is 445. The molecule has 0 fully saturated rings. The van der Waals surface area contributed by atoms with Crippen LogP contribution in [0.4, 0.5) is 0 Å². The fraction of sp³-hybridized carbons (Fsp3) is 0.231. The summed E-state index contributed by atoms with van der Waals surface area (Å²) in [5, 5.41) is 3.42. The highest BCUT2D eigenvalue weighted by Crippen LogP contribution is 2.10. The highest BCUT2D eigenvalue weighted by atomic mass is 79.9. The molecule has 0 aliphatic heterocycles. The Kier molecular flexibility index (Phi) is 3.80. The van der Waals surface area contributed by atoms with Crippen LogP contribution in [-0.4, -0.2) is 4.57 Å². The van der Waals surface area contributed by atoms with Crippen molar-refractivity contribution >= 4 is 15.9 Å². The van der Waals surface area contributed by atoms with Crippen molar-refractivity contribution in [2.75, 3.05) is 0 Å². The smallest absolute Gasteiger partial charge is 0.0223 e. The van der Waals surface area contributed by atoms with Gasteiger partial charge >= 0.3 is 0 Å². The molecular weight excluding hydrogens is 264 g/mol. The lowest BCUT2D eigenvalue weighted by atomic mass is 10.2. The second-order valence-corrected chi connectivity index (χ2v) is 4.83. The maximum atomic E-state index is 3.43. The van der Waals surface area contributed by atoms with E-state index in [0.29, 0.717) is 0 Å². The van der Waals surface area contributed by atoms with Crippen molar-refractivity contribution in [3.63, 3.8) is 0 Å². The Morgan fingerprint density at radius 1 is 1.06 bits per heavy atom. The Morgan fingerprint density at radius 3 is 2.38 bits per heavy atom. The van der Waals surface area contributed by atoms with E-state index in [1.807, 2.05) is 7.05 Å². The molecule has 2 rings (SSSR count). The molecule has 0 saturated carbocycles. The fourth-order valence-electron chi connectivity index (χ4n) is 1.62. The van der Waals surface area contributed by atoms with E-state index in [9.17, 15) is 0 Å². The SMILES string of the molecule is Cn1ccc(CNCc2ccc(Br)cc2)c1. The van der Waals surface area contributed by atoms with Gasteiger partial charge in [-0.2, -0.15) is 0 Å². The lowest BCUT2D eigenvalue weighted by molar-refractivity contribution is 0.692. The van der Waals surface area contributed by atoms with Crippen LogP contribution in [0.15, 0.2) is 47.2 Å². The van der Waals surface area contributed by atoms with Gasteiger partial charge in [0.25, 0.3) is 0 Å². The quantitative estimate of drug-likeness (QED) is 0.910. The number of hydrogen-bond acceptors (Lipinski definition) is 1. The van der Waals surface area contributed by atoms with Crippen molar-refractivity contribution in [2.45, 2.75) is 13.1 Å². The number of halogens is 1. The summed E-state index contributed by atoms with van der Waals surface area (Å²) in [6.45, 7) is 1.82. The van der Waals surface area contributed by atoms with Crippen molar-refractivity contribution < 1.29 is 0 Å². The number of benzene rings is 1. The normalized spacial score (nSPS) is 10.6. The van der Waals surface area contributed by atoms with E-state index in [4.69, 9.17) is 0 Å². The van der Waals surface area contributed by atoms with E-state index < -0.39 is 0 Å². The summed E-state index contributed by atoms with van der Waals surface area (Å²) >= 11 is 3.43. The molecule has 0 aliphatic carbocycles. The molecule has 3 heteroatoms. The first kappa shape index (κ1) is 11.4. The predicted octanol–water partition coefficient (Wildman–Crippen LogP) is 3.08. The standard InChI is InChI=1S/C13H15BrN2/c1-16-7-6-12(10-16)9-15-8-11-2-4-13(14)5-3-11/h2-7,10,15H,8-9H2,1H3. The molecule has 0 spiro atoms. The summed E-state index contributed by atoms with van der Waals surface area (Å²) in [7, 11) is 2.04. The summed E-state index contributed by atoms with van der Waals surface area (Å²) in [5.74, 6) is 0. The van der Waals surface area contributed by atoms with Crippen LogP contribution in [0.1, 0.15) is 11.1 Å². The maximum absolute atomic E-state index is 3.43. The summed E-state index contributed by atoms with van der Waals surface area (Å²) in [6, 6.07) is 10.5. The molecular formula is C13H15BrN2. The third-order valence-corrected chi connectivity index (χ3v) is 2.99. The molecule has 0 radical (unpaired) electrons. The topological polar surface area (TPSA) is 17.0 Å². The molecule has 1 N–H and O–H groups in total. The molecule has 0 saturated heterocycles. The predicted molar refractivity (Wildman–Crippen MR) is 70.1 cm³/mol. The Labute approximate surface area is 104 Å². The van der Waals surface area contributed by atoms with E-state index in [0.717, 1.165) is 17.6 Å². The molecule has 0 amide bonds. The van der Waals surface area contributed by atoms with Gasteiger partial charge < -0.3 is 9.88 Å². The zero-order valence-corrected chi connectivity index (χ0v) is 10.9. The molecule has 16 heavy (non-hydrogen) atoms. The molecule has 1 aromatic heterocycles. The van der Waals surface area contributed by atoms with Crippen LogP contribution in [0.25, 0.3) is 0 Å². The average Bonchev–Trinajstić information content (AvgIpc) is 2.67. The molecule has 0 bridgehead atoms. The number of hydrogen-bond donors (Lipinski definition) is 1. The van der Waals surface area contributed by atoms with Crippen molar-refractivity contribution in [3.8, 4) is 0 Å². The maximum Gasteiger partial charge on any atom is 0.0223 e. The van der Waals surface area contributed by atoms with Crippen molar-refractivity contribution in [2.24, 2.45) is 7.05 Å². The minimum atomic E-state index is 0.905. The largest absolute Gasteiger partial charge is 0.357 e. The van der Waals surface area contributed by atoms with E-state index in [1.54, 1.807) is 0 Å². The molecule has 1 aromatic carbocycles. The van der Waals surface area contributed by atoms with Gasteiger partial charge in [-0.3, -0.25) is 0 Å². The Balaban J connectivity index is 1.82. The van der Waals surface area contributed by atoms with Crippen LogP contribution in [-0.2, 0) is 20.1 Å². The van der Waals surface area contributed by atoms with Gasteiger partial charge in [-0.25, -0.2) is 0 Å². The molecule has 0 unspecified atom stereocenters. The highest BCUT2D eigenvalue weighted by molar-refractivity contribution is 9.10. The van der Waals surface area contributed by atoms with Crippen LogP contribution in [0.3, 0.4) is 0 Å². The van der Waals surface area contributed by atoms with Gasteiger partial charge in [-0.05, 0) is 29.3 Å². The fourth-order valence-corrected chi connectivity index (χ4v) is 1.88. The molecule has 0 atom stereocenters. The molecule has 1 heterocycles. The molecule has 2 aromatic rings. The van der Waals surface area contributed by atoms with E-state index >= 15 is 0 Å². The number of rotatable bonds is 4. The summed E-state index contributed by atoms with van der Waals surface area (Å²) in [4.78, 5) is 0. The van der Waals surface area contributed by atoms with Crippen LogP contribution in [0.2, 0.25) is 0 Å². The summed E-state index contributed by atoms with van der Waals surface area (Å²) in [5.41, 5.74) is 2.62. The van der Waals surface area contributed by atoms with Gasteiger partial charge in [0.15, 0.2) is 0 Å². The number of aromatic nitrogens is 1. The highest BCUT2D eigenvalue weighted by Gasteiger charge is 1.95. The van der Waals surface area contributed by atoms with Crippen LogP contribution >= 0.6 is 15.9 Å². The minimum Gasteiger partial charge on any atom is -0.357 e. The number of aryl methyl sites for hydroxylation is 1.